The van der Waals surface area contributed by atoms with Crippen LogP contribution in [0.5, 0.6) is 0 Å². The van der Waals surface area contributed by atoms with Crippen LogP contribution in [0.25, 0.3) is 0 Å². The van der Waals surface area contributed by atoms with Crippen LogP contribution in [0.3, 0.4) is 0 Å². The van der Waals surface area contributed by atoms with Crippen molar-refractivity contribution in [3.05, 3.63) is 81.9 Å². The summed E-state index contributed by atoms with van der Waals surface area (Å²) in [6.07, 6.45) is 2.86. The molecule has 0 amide bonds. The van der Waals surface area contributed by atoms with Gasteiger partial charge in [0.05, 0.1) is 18.0 Å². The second-order valence-electron chi connectivity index (χ2n) is 7.37. The van der Waals surface area contributed by atoms with Gasteiger partial charge in [-0.05, 0) is 36.8 Å². The Labute approximate surface area is 170 Å². The molecule has 0 spiro atoms. The van der Waals surface area contributed by atoms with E-state index in [1.807, 2.05) is 29.9 Å². The third-order valence-electron chi connectivity index (χ3n) is 5.09. The molecule has 1 atom stereocenters. The fourth-order valence-corrected chi connectivity index (χ4v) is 3.91. The first kappa shape index (κ1) is 19.1. The number of hydrogen-bond donors (Lipinski definition) is 0. The Morgan fingerprint density at radius 1 is 1.21 bits per heavy atom. The molecule has 0 radical (unpaired) electrons. The van der Waals surface area contributed by atoms with Crippen molar-refractivity contribution in [2.24, 2.45) is 7.05 Å². The summed E-state index contributed by atoms with van der Waals surface area (Å²) >= 11 is 6.11. The maximum atomic E-state index is 6.11. The van der Waals surface area contributed by atoms with Crippen molar-refractivity contribution in [1.29, 1.82) is 0 Å². The van der Waals surface area contributed by atoms with Crippen molar-refractivity contribution in [2.45, 2.75) is 26.0 Å². The Bertz CT molecular complexity index is 955. The predicted octanol–water partition coefficient (Wildman–Crippen LogP) is 3.94. The van der Waals surface area contributed by atoms with Crippen molar-refractivity contribution in [2.75, 3.05) is 19.7 Å². The molecule has 3 aromatic rings. The first-order valence-electron chi connectivity index (χ1n) is 9.60. The molecule has 28 heavy (non-hydrogen) atoms. The van der Waals surface area contributed by atoms with Gasteiger partial charge in [0.1, 0.15) is 6.10 Å². The zero-order valence-electron chi connectivity index (χ0n) is 16.3. The largest absolute Gasteiger partial charge is 0.369 e. The third kappa shape index (κ3) is 4.61. The Morgan fingerprint density at radius 3 is 2.86 bits per heavy atom. The highest BCUT2D eigenvalue weighted by Gasteiger charge is 2.24. The summed E-state index contributed by atoms with van der Waals surface area (Å²) in [5.41, 5.74) is 5.55. The van der Waals surface area contributed by atoms with Gasteiger partial charge in [-0.3, -0.25) is 14.6 Å². The van der Waals surface area contributed by atoms with Gasteiger partial charge in [-0.1, -0.05) is 29.8 Å². The molecular formula is C22H25ClN4O. The van der Waals surface area contributed by atoms with Crippen molar-refractivity contribution in [3.8, 4) is 0 Å². The molecule has 3 heterocycles. The molecule has 0 N–H and O–H groups in total. The van der Waals surface area contributed by atoms with Crippen LogP contribution < -0.4 is 0 Å². The molecule has 5 nitrogen and oxygen atoms in total. The molecule has 1 unspecified atom stereocenters. The van der Waals surface area contributed by atoms with Gasteiger partial charge in [0.2, 0.25) is 0 Å². The predicted molar refractivity (Wildman–Crippen MR) is 110 cm³/mol. The molecule has 0 aliphatic carbocycles. The summed E-state index contributed by atoms with van der Waals surface area (Å²) in [6, 6.07) is 14.1. The van der Waals surface area contributed by atoms with Gasteiger partial charge in [0, 0.05) is 55.6 Å². The molecule has 146 valence electrons. The molecule has 4 rings (SSSR count). The lowest BCUT2D eigenvalue weighted by Gasteiger charge is -2.32. The van der Waals surface area contributed by atoms with Crippen LogP contribution in [-0.4, -0.2) is 39.4 Å². The lowest BCUT2D eigenvalue weighted by atomic mass is 10.1. The van der Waals surface area contributed by atoms with E-state index in [4.69, 9.17) is 21.3 Å². The van der Waals surface area contributed by atoms with Crippen LogP contribution in [0.4, 0.5) is 0 Å². The minimum atomic E-state index is -0.00922. The van der Waals surface area contributed by atoms with E-state index in [2.05, 4.69) is 47.4 Å². The Morgan fingerprint density at radius 2 is 2.07 bits per heavy atom. The molecule has 0 saturated carbocycles. The van der Waals surface area contributed by atoms with Gasteiger partial charge < -0.3 is 4.74 Å². The van der Waals surface area contributed by atoms with Crippen LogP contribution in [0.2, 0.25) is 5.02 Å². The number of rotatable bonds is 5. The van der Waals surface area contributed by atoms with Crippen molar-refractivity contribution in [3.63, 3.8) is 0 Å². The lowest BCUT2D eigenvalue weighted by molar-refractivity contribution is -0.0351. The molecule has 1 saturated heterocycles. The van der Waals surface area contributed by atoms with E-state index in [0.29, 0.717) is 6.61 Å². The van der Waals surface area contributed by atoms with E-state index in [9.17, 15) is 0 Å². The number of hydrogen-bond acceptors (Lipinski definition) is 4. The van der Waals surface area contributed by atoms with Gasteiger partial charge >= 0.3 is 0 Å². The number of morpholine rings is 1. The number of aromatic nitrogens is 3. The maximum Gasteiger partial charge on any atom is 0.112 e. The van der Waals surface area contributed by atoms with E-state index in [0.717, 1.165) is 53.7 Å². The summed E-state index contributed by atoms with van der Waals surface area (Å²) in [5, 5.41) is 5.20. The van der Waals surface area contributed by atoms with Gasteiger partial charge in [-0.15, -0.1) is 0 Å². The number of pyridine rings is 1. The average Bonchev–Trinajstić information content (AvgIpc) is 2.99. The number of aryl methyl sites for hydroxylation is 2. The van der Waals surface area contributed by atoms with E-state index < -0.39 is 0 Å². The van der Waals surface area contributed by atoms with Crippen LogP contribution in [0.1, 0.15) is 34.3 Å². The highest BCUT2D eigenvalue weighted by atomic mass is 35.5. The van der Waals surface area contributed by atoms with Gasteiger partial charge in [-0.25, -0.2) is 0 Å². The summed E-state index contributed by atoms with van der Waals surface area (Å²) < 4.78 is 7.92. The number of benzene rings is 1. The highest BCUT2D eigenvalue weighted by Crippen LogP contribution is 2.23. The number of halogens is 1. The lowest BCUT2D eigenvalue weighted by Crippen LogP contribution is -2.38. The van der Waals surface area contributed by atoms with E-state index in [1.165, 1.54) is 5.56 Å². The van der Waals surface area contributed by atoms with E-state index in [1.54, 1.807) is 0 Å². The molecule has 1 fully saturated rings. The van der Waals surface area contributed by atoms with Gasteiger partial charge in [-0.2, -0.15) is 5.10 Å². The van der Waals surface area contributed by atoms with Crippen molar-refractivity contribution in [1.82, 2.24) is 19.7 Å². The van der Waals surface area contributed by atoms with Crippen molar-refractivity contribution >= 4 is 11.6 Å². The summed E-state index contributed by atoms with van der Waals surface area (Å²) in [4.78, 5) is 7.29. The quantitative estimate of drug-likeness (QED) is 0.655. The summed E-state index contributed by atoms with van der Waals surface area (Å²) in [5.74, 6) is 0. The minimum Gasteiger partial charge on any atom is -0.369 e. The van der Waals surface area contributed by atoms with Gasteiger partial charge in [0.25, 0.3) is 0 Å². The monoisotopic (exact) mass is 396 g/mol. The topological polar surface area (TPSA) is 43.2 Å². The molecule has 0 bridgehead atoms. The molecule has 1 aliphatic heterocycles. The number of nitrogens with zero attached hydrogens (tertiary/aromatic N) is 4. The Kier molecular flexibility index (Phi) is 5.76. The van der Waals surface area contributed by atoms with E-state index >= 15 is 0 Å². The Balaban J connectivity index is 1.45. The SMILES string of the molecule is Cc1nn(C)cc1CN1CCOC(c2cccc(Cc3cccc(Cl)c3)n2)C1. The Hall–Kier alpha value is -2.21. The van der Waals surface area contributed by atoms with Crippen LogP contribution in [0.15, 0.2) is 48.7 Å². The zero-order chi connectivity index (χ0) is 19.5. The fourth-order valence-electron chi connectivity index (χ4n) is 3.70. The standard InChI is InChI=1S/C22H25ClN4O/c1-16-18(13-26(2)25-16)14-27-9-10-28-22(15-27)21-8-4-7-20(24-21)12-17-5-3-6-19(23)11-17/h3-8,11,13,22H,9-10,12,14-15H2,1-2H3. The van der Waals surface area contributed by atoms with Gasteiger partial charge in [0.15, 0.2) is 0 Å². The average molecular weight is 397 g/mol. The zero-order valence-corrected chi connectivity index (χ0v) is 17.1. The summed E-state index contributed by atoms with van der Waals surface area (Å²) in [6.45, 7) is 5.43. The normalized spacial score (nSPS) is 17.8. The molecular weight excluding hydrogens is 372 g/mol. The second kappa shape index (κ2) is 8.43. The van der Waals surface area contributed by atoms with Crippen molar-refractivity contribution < 1.29 is 4.74 Å². The fraction of sp³-hybridized carbons (Fsp3) is 0.364. The molecule has 1 aromatic carbocycles. The van der Waals surface area contributed by atoms with Crippen LogP contribution >= 0.6 is 11.6 Å². The van der Waals surface area contributed by atoms with Crippen LogP contribution in [0, 0.1) is 6.92 Å². The van der Waals surface area contributed by atoms with Crippen LogP contribution in [-0.2, 0) is 24.8 Å². The first-order valence-corrected chi connectivity index (χ1v) is 9.98. The first-order chi connectivity index (χ1) is 13.6. The highest BCUT2D eigenvalue weighted by molar-refractivity contribution is 6.30. The summed E-state index contributed by atoms with van der Waals surface area (Å²) in [7, 11) is 1.97. The molecule has 1 aliphatic rings. The minimum absolute atomic E-state index is 0.00922. The molecule has 2 aromatic heterocycles. The molecule has 6 heteroatoms. The van der Waals surface area contributed by atoms with E-state index in [-0.39, 0.29) is 6.10 Å². The second-order valence-corrected chi connectivity index (χ2v) is 7.80. The number of ether oxygens (including phenoxy) is 1. The maximum absolute atomic E-state index is 6.11. The third-order valence-corrected chi connectivity index (χ3v) is 5.33. The smallest absolute Gasteiger partial charge is 0.112 e.